The Kier molecular flexibility index (Phi) is 5.20. The lowest BCUT2D eigenvalue weighted by Crippen LogP contribution is -2.32. The first kappa shape index (κ1) is 18.9. The Morgan fingerprint density at radius 1 is 1.11 bits per heavy atom. The minimum Gasteiger partial charge on any atom is -0.324 e. The summed E-state index contributed by atoms with van der Waals surface area (Å²) in [5, 5.41) is 3.06. The average molecular weight is 406 g/mol. The summed E-state index contributed by atoms with van der Waals surface area (Å²) in [5.74, 6) is -0.482. The maximum absolute atomic E-state index is 12.6. The standard InChI is InChI=1S/C18H16ClN3O4S/c1-13-5-7-16(8-6-13)27(25,26)22-10-9-21(18(22)24)12-17(23)20-15-4-2-3-14(19)11-15/h2-11H,12H2,1H3,(H,20,23). The van der Waals surface area contributed by atoms with E-state index in [1.54, 1.807) is 36.4 Å². The molecule has 3 rings (SSSR count). The van der Waals surface area contributed by atoms with E-state index >= 15 is 0 Å². The molecule has 0 bridgehead atoms. The van der Waals surface area contributed by atoms with Crippen molar-refractivity contribution in [1.82, 2.24) is 8.54 Å². The number of carbonyl (C=O) groups is 1. The maximum atomic E-state index is 12.6. The zero-order chi connectivity index (χ0) is 19.6. The first-order valence-corrected chi connectivity index (χ1v) is 9.74. The molecule has 9 heteroatoms. The van der Waals surface area contributed by atoms with Crippen molar-refractivity contribution in [2.24, 2.45) is 0 Å². The van der Waals surface area contributed by atoms with Crippen LogP contribution in [0.25, 0.3) is 0 Å². The number of nitrogens with one attached hydrogen (secondary N) is 1. The lowest BCUT2D eigenvalue weighted by molar-refractivity contribution is -0.116. The van der Waals surface area contributed by atoms with Gasteiger partial charge in [-0.2, -0.15) is 3.97 Å². The molecule has 0 unspecified atom stereocenters. The Hall–Kier alpha value is -2.84. The average Bonchev–Trinajstić information content (AvgIpc) is 2.96. The molecule has 0 atom stereocenters. The van der Waals surface area contributed by atoms with Crippen LogP contribution in [0.1, 0.15) is 5.56 Å². The zero-order valence-corrected chi connectivity index (χ0v) is 15.9. The summed E-state index contributed by atoms with van der Waals surface area (Å²) in [4.78, 5) is 24.6. The SMILES string of the molecule is Cc1ccc(S(=O)(=O)n2ccn(CC(=O)Nc3cccc(Cl)c3)c2=O)cc1. The molecule has 0 saturated heterocycles. The second-order valence-corrected chi connectivity index (χ2v) is 8.13. The van der Waals surface area contributed by atoms with E-state index in [0.29, 0.717) is 14.7 Å². The number of amides is 1. The highest BCUT2D eigenvalue weighted by molar-refractivity contribution is 7.90. The minimum atomic E-state index is -4.03. The molecule has 0 aliphatic carbocycles. The van der Waals surface area contributed by atoms with Crippen LogP contribution in [0.15, 0.2) is 70.6 Å². The normalized spacial score (nSPS) is 11.3. The fourth-order valence-corrected chi connectivity index (χ4v) is 3.87. The van der Waals surface area contributed by atoms with Crippen molar-refractivity contribution in [3.63, 3.8) is 0 Å². The highest BCUT2D eigenvalue weighted by atomic mass is 35.5. The first-order chi connectivity index (χ1) is 12.8. The van der Waals surface area contributed by atoms with Gasteiger partial charge in [-0.05, 0) is 37.3 Å². The van der Waals surface area contributed by atoms with E-state index in [1.165, 1.54) is 18.3 Å². The molecule has 0 fully saturated rings. The summed E-state index contributed by atoms with van der Waals surface area (Å²) < 4.78 is 26.9. The van der Waals surface area contributed by atoms with Crippen molar-refractivity contribution in [2.75, 3.05) is 5.32 Å². The Balaban J connectivity index is 1.82. The molecular formula is C18H16ClN3O4S. The van der Waals surface area contributed by atoms with Crippen LogP contribution in [0.5, 0.6) is 0 Å². The Bertz CT molecular complexity index is 1150. The number of benzene rings is 2. The number of anilines is 1. The van der Waals surface area contributed by atoms with Crippen LogP contribution >= 0.6 is 11.6 Å². The van der Waals surface area contributed by atoms with Crippen LogP contribution in [-0.4, -0.2) is 22.9 Å². The van der Waals surface area contributed by atoms with E-state index in [9.17, 15) is 18.0 Å². The van der Waals surface area contributed by atoms with Crippen molar-refractivity contribution in [3.8, 4) is 0 Å². The first-order valence-electron chi connectivity index (χ1n) is 7.93. The van der Waals surface area contributed by atoms with E-state index in [-0.39, 0.29) is 11.4 Å². The largest absolute Gasteiger partial charge is 0.342 e. The molecular weight excluding hydrogens is 390 g/mol. The van der Waals surface area contributed by atoms with Crippen LogP contribution < -0.4 is 11.0 Å². The van der Waals surface area contributed by atoms with E-state index in [2.05, 4.69) is 5.32 Å². The molecule has 1 aromatic heterocycles. The number of nitrogens with zero attached hydrogens (tertiary/aromatic N) is 2. The van der Waals surface area contributed by atoms with E-state index in [0.717, 1.165) is 16.3 Å². The summed E-state index contributed by atoms with van der Waals surface area (Å²) in [5.41, 5.74) is 0.556. The molecule has 0 aliphatic rings. The van der Waals surface area contributed by atoms with Crippen LogP contribution in [0.4, 0.5) is 5.69 Å². The van der Waals surface area contributed by atoms with Gasteiger partial charge in [0.2, 0.25) is 5.91 Å². The van der Waals surface area contributed by atoms with Gasteiger partial charge in [0.1, 0.15) is 6.54 Å². The Morgan fingerprint density at radius 2 is 1.81 bits per heavy atom. The highest BCUT2D eigenvalue weighted by Crippen LogP contribution is 2.15. The van der Waals surface area contributed by atoms with Crippen LogP contribution in [0.3, 0.4) is 0 Å². The molecule has 7 nitrogen and oxygen atoms in total. The number of imidazole rings is 1. The fraction of sp³-hybridized carbons (Fsp3) is 0.111. The van der Waals surface area contributed by atoms with Crippen LogP contribution in [0.2, 0.25) is 5.02 Å². The molecule has 0 radical (unpaired) electrons. The van der Waals surface area contributed by atoms with E-state index in [1.807, 2.05) is 6.92 Å². The van der Waals surface area contributed by atoms with Crippen molar-refractivity contribution in [1.29, 1.82) is 0 Å². The Labute approximate surface area is 160 Å². The van der Waals surface area contributed by atoms with Gasteiger partial charge in [0.15, 0.2) is 0 Å². The molecule has 1 N–H and O–H groups in total. The third-order valence-electron chi connectivity index (χ3n) is 3.82. The summed E-state index contributed by atoms with van der Waals surface area (Å²) in [6.45, 7) is 1.50. The highest BCUT2D eigenvalue weighted by Gasteiger charge is 2.21. The van der Waals surface area contributed by atoms with Crippen molar-refractivity contribution in [3.05, 3.63) is 82.0 Å². The number of hydrogen-bond donors (Lipinski definition) is 1. The summed E-state index contributed by atoms with van der Waals surface area (Å²) in [7, 11) is -4.03. The summed E-state index contributed by atoms with van der Waals surface area (Å²) in [6, 6.07) is 12.7. The van der Waals surface area contributed by atoms with Crippen LogP contribution in [0, 0.1) is 6.92 Å². The molecule has 0 aliphatic heterocycles. The van der Waals surface area contributed by atoms with Gasteiger partial charge in [0.25, 0.3) is 10.0 Å². The molecule has 140 valence electrons. The van der Waals surface area contributed by atoms with Gasteiger partial charge in [-0.25, -0.2) is 13.2 Å². The maximum Gasteiger partial charge on any atom is 0.342 e. The number of aromatic nitrogens is 2. The second-order valence-electron chi connectivity index (χ2n) is 5.88. The topological polar surface area (TPSA) is 90.2 Å². The smallest absolute Gasteiger partial charge is 0.324 e. The van der Waals surface area contributed by atoms with Gasteiger partial charge in [0, 0.05) is 23.1 Å². The van der Waals surface area contributed by atoms with Gasteiger partial charge in [-0.3, -0.25) is 9.36 Å². The van der Waals surface area contributed by atoms with E-state index in [4.69, 9.17) is 11.6 Å². The van der Waals surface area contributed by atoms with Gasteiger partial charge in [-0.1, -0.05) is 35.4 Å². The number of rotatable bonds is 5. The number of aryl methyl sites for hydroxylation is 1. The molecule has 1 heterocycles. The molecule has 2 aromatic carbocycles. The van der Waals surface area contributed by atoms with Gasteiger partial charge >= 0.3 is 5.69 Å². The predicted octanol–water partition coefficient (Wildman–Crippen LogP) is 2.49. The molecule has 27 heavy (non-hydrogen) atoms. The predicted molar refractivity (Wildman–Crippen MR) is 103 cm³/mol. The van der Waals surface area contributed by atoms with Gasteiger partial charge in [0.05, 0.1) is 4.90 Å². The lowest BCUT2D eigenvalue weighted by atomic mass is 10.2. The second kappa shape index (κ2) is 7.42. The number of halogens is 1. The quantitative estimate of drug-likeness (QED) is 0.706. The van der Waals surface area contributed by atoms with E-state index < -0.39 is 21.6 Å². The molecule has 1 amide bonds. The monoisotopic (exact) mass is 405 g/mol. The number of carbonyl (C=O) groups excluding carboxylic acids is 1. The zero-order valence-electron chi connectivity index (χ0n) is 14.3. The van der Waals surface area contributed by atoms with Gasteiger partial charge in [-0.15, -0.1) is 0 Å². The third kappa shape index (κ3) is 4.12. The molecule has 0 spiro atoms. The Morgan fingerprint density at radius 3 is 2.48 bits per heavy atom. The van der Waals surface area contributed by atoms with Crippen molar-refractivity contribution < 1.29 is 13.2 Å². The summed E-state index contributed by atoms with van der Waals surface area (Å²) >= 11 is 5.86. The summed E-state index contributed by atoms with van der Waals surface area (Å²) in [6.07, 6.45) is 2.38. The molecule has 3 aromatic rings. The van der Waals surface area contributed by atoms with Crippen molar-refractivity contribution in [2.45, 2.75) is 18.4 Å². The fourth-order valence-electron chi connectivity index (χ4n) is 2.44. The van der Waals surface area contributed by atoms with Crippen LogP contribution in [-0.2, 0) is 21.4 Å². The van der Waals surface area contributed by atoms with Gasteiger partial charge < -0.3 is 5.32 Å². The molecule has 0 saturated carbocycles. The van der Waals surface area contributed by atoms with Crippen molar-refractivity contribution >= 4 is 33.2 Å². The minimum absolute atomic E-state index is 0.00340. The number of hydrogen-bond acceptors (Lipinski definition) is 4. The third-order valence-corrected chi connectivity index (χ3v) is 5.72. The lowest BCUT2D eigenvalue weighted by Gasteiger charge is -2.06.